The van der Waals surface area contributed by atoms with E-state index in [1.807, 2.05) is 0 Å². The van der Waals surface area contributed by atoms with E-state index in [4.69, 9.17) is 0 Å². The van der Waals surface area contributed by atoms with Crippen molar-refractivity contribution in [2.45, 2.75) is 25.7 Å². The second-order valence-corrected chi connectivity index (χ2v) is 4.19. The number of hydrogen-bond acceptors (Lipinski definition) is 1. The lowest BCUT2D eigenvalue weighted by atomic mass is 9.90. The maximum Gasteiger partial charge on any atom is 0.162 e. The zero-order valence-electron chi connectivity index (χ0n) is 8.82. The lowest BCUT2D eigenvalue weighted by Crippen LogP contribution is -2.29. The van der Waals surface area contributed by atoms with E-state index < -0.39 is 11.6 Å². The summed E-state index contributed by atoms with van der Waals surface area (Å²) < 4.78 is 26.8. The van der Waals surface area contributed by atoms with Crippen molar-refractivity contribution in [3.63, 3.8) is 0 Å². The van der Waals surface area contributed by atoms with Crippen molar-refractivity contribution < 1.29 is 8.78 Å². The van der Waals surface area contributed by atoms with Crippen molar-refractivity contribution in [2.75, 3.05) is 13.1 Å². The molecule has 0 amide bonds. The van der Waals surface area contributed by atoms with Crippen LogP contribution in [0.2, 0.25) is 0 Å². The Labute approximate surface area is 88.5 Å². The van der Waals surface area contributed by atoms with Gasteiger partial charge in [-0.25, -0.2) is 8.78 Å². The summed E-state index contributed by atoms with van der Waals surface area (Å²) in [6.07, 6.45) is 1.96. The molecule has 0 radical (unpaired) electrons. The summed E-state index contributed by atoms with van der Waals surface area (Å²) in [4.78, 5) is 0. The summed E-state index contributed by atoms with van der Waals surface area (Å²) in [6, 6.07) is 3.01. The highest BCUT2D eigenvalue weighted by Crippen LogP contribution is 2.27. The van der Waals surface area contributed by atoms with Crippen molar-refractivity contribution in [1.29, 1.82) is 0 Å². The molecule has 1 aromatic carbocycles. The van der Waals surface area contributed by atoms with Crippen molar-refractivity contribution in [2.24, 2.45) is 0 Å². The molecule has 0 aromatic heterocycles. The SMILES string of the molecule is Cc1cc(F)c(F)c(C2CCCNC2)c1. The van der Waals surface area contributed by atoms with Gasteiger partial charge >= 0.3 is 0 Å². The summed E-state index contributed by atoms with van der Waals surface area (Å²) in [5.41, 5.74) is 1.31. The molecule has 82 valence electrons. The molecule has 0 spiro atoms. The third kappa shape index (κ3) is 2.17. The van der Waals surface area contributed by atoms with Gasteiger partial charge in [-0.15, -0.1) is 0 Å². The second kappa shape index (κ2) is 4.27. The number of halogens is 2. The molecule has 15 heavy (non-hydrogen) atoms. The van der Waals surface area contributed by atoms with Gasteiger partial charge in [0.05, 0.1) is 0 Å². The van der Waals surface area contributed by atoms with Crippen LogP contribution in [-0.4, -0.2) is 13.1 Å². The molecule has 1 heterocycles. The van der Waals surface area contributed by atoms with Crippen molar-refractivity contribution in [1.82, 2.24) is 5.32 Å². The van der Waals surface area contributed by atoms with Crippen LogP contribution >= 0.6 is 0 Å². The Kier molecular flexibility index (Phi) is 3.00. The molecular weight excluding hydrogens is 196 g/mol. The fraction of sp³-hybridized carbons (Fsp3) is 0.500. The van der Waals surface area contributed by atoms with Crippen LogP contribution in [0.5, 0.6) is 0 Å². The van der Waals surface area contributed by atoms with E-state index in [-0.39, 0.29) is 5.92 Å². The number of benzene rings is 1. The molecule has 3 heteroatoms. The number of aryl methyl sites for hydroxylation is 1. The van der Waals surface area contributed by atoms with Crippen LogP contribution in [-0.2, 0) is 0 Å². The van der Waals surface area contributed by atoms with Crippen LogP contribution in [0, 0.1) is 18.6 Å². The number of nitrogens with one attached hydrogen (secondary N) is 1. The molecule has 1 saturated heterocycles. The summed E-state index contributed by atoms with van der Waals surface area (Å²) in [5, 5.41) is 3.21. The molecule has 0 bridgehead atoms. The first kappa shape index (κ1) is 10.6. The van der Waals surface area contributed by atoms with E-state index in [1.54, 1.807) is 13.0 Å². The van der Waals surface area contributed by atoms with E-state index in [9.17, 15) is 8.78 Å². The van der Waals surface area contributed by atoms with Gasteiger partial charge in [0.25, 0.3) is 0 Å². The van der Waals surface area contributed by atoms with Gasteiger partial charge in [-0.05, 0) is 49.4 Å². The standard InChI is InChI=1S/C12H15F2N/c1-8-5-10(12(14)11(13)6-8)9-3-2-4-15-7-9/h5-6,9,15H,2-4,7H2,1H3. The summed E-state index contributed by atoms with van der Waals surface area (Å²) in [7, 11) is 0. The highest BCUT2D eigenvalue weighted by Gasteiger charge is 2.20. The predicted octanol–water partition coefficient (Wildman–Crippen LogP) is 2.74. The molecule has 1 aromatic rings. The molecule has 0 aliphatic carbocycles. The van der Waals surface area contributed by atoms with Gasteiger partial charge in [0.2, 0.25) is 0 Å². The Hall–Kier alpha value is -0.960. The minimum atomic E-state index is -0.726. The summed E-state index contributed by atoms with van der Waals surface area (Å²) in [5.74, 6) is -1.28. The minimum absolute atomic E-state index is 0.119. The molecule has 1 atom stereocenters. The molecule has 1 aliphatic heterocycles. The minimum Gasteiger partial charge on any atom is -0.316 e. The normalized spacial score (nSPS) is 21.7. The van der Waals surface area contributed by atoms with Crippen molar-refractivity contribution in [3.8, 4) is 0 Å². The Morgan fingerprint density at radius 3 is 2.80 bits per heavy atom. The third-order valence-corrected chi connectivity index (χ3v) is 2.94. The van der Waals surface area contributed by atoms with Gasteiger partial charge in [-0.3, -0.25) is 0 Å². The topological polar surface area (TPSA) is 12.0 Å². The Morgan fingerprint density at radius 2 is 2.13 bits per heavy atom. The maximum absolute atomic E-state index is 13.6. The van der Waals surface area contributed by atoms with Gasteiger partial charge in [-0.1, -0.05) is 6.07 Å². The fourth-order valence-electron chi connectivity index (χ4n) is 2.17. The Bertz CT molecular complexity index is 357. The lowest BCUT2D eigenvalue weighted by Gasteiger charge is -2.23. The average Bonchev–Trinajstić information content (AvgIpc) is 2.24. The zero-order chi connectivity index (χ0) is 10.8. The van der Waals surface area contributed by atoms with Crippen LogP contribution in [0.4, 0.5) is 8.78 Å². The van der Waals surface area contributed by atoms with Gasteiger partial charge < -0.3 is 5.32 Å². The Balaban J connectivity index is 2.33. The smallest absolute Gasteiger partial charge is 0.162 e. The van der Waals surface area contributed by atoms with Crippen molar-refractivity contribution in [3.05, 3.63) is 34.9 Å². The average molecular weight is 211 g/mol. The number of piperidine rings is 1. The van der Waals surface area contributed by atoms with E-state index in [2.05, 4.69) is 5.32 Å². The van der Waals surface area contributed by atoms with E-state index in [0.717, 1.165) is 31.5 Å². The zero-order valence-corrected chi connectivity index (χ0v) is 8.82. The Morgan fingerprint density at radius 1 is 1.33 bits per heavy atom. The first-order valence-corrected chi connectivity index (χ1v) is 5.34. The van der Waals surface area contributed by atoms with Gasteiger partial charge in [0.1, 0.15) is 0 Å². The van der Waals surface area contributed by atoms with Crippen LogP contribution in [0.1, 0.15) is 29.9 Å². The largest absolute Gasteiger partial charge is 0.316 e. The van der Waals surface area contributed by atoms with Crippen LogP contribution in [0.25, 0.3) is 0 Å². The fourth-order valence-corrected chi connectivity index (χ4v) is 2.17. The third-order valence-electron chi connectivity index (χ3n) is 2.94. The van der Waals surface area contributed by atoms with E-state index in [0.29, 0.717) is 5.56 Å². The second-order valence-electron chi connectivity index (χ2n) is 4.19. The van der Waals surface area contributed by atoms with Gasteiger partial charge in [-0.2, -0.15) is 0 Å². The number of rotatable bonds is 1. The van der Waals surface area contributed by atoms with E-state index >= 15 is 0 Å². The van der Waals surface area contributed by atoms with Crippen LogP contribution in [0.15, 0.2) is 12.1 Å². The molecular formula is C12H15F2N. The van der Waals surface area contributed by atoms with Gasteiger partial charge in [0, 0.05) is 6.54 Å². The summed E-state index contributed by atoms with van der Waals surface area (Å²) >= 11 is 0. The first-order valence-electron chi connectivity index (χ1n) is 5.34. The molecule has 0 saturated carbocycles. The highest BCUT2D eigenvalue weighted by molar-refractivity contribution is 5.29. The first-order chi connectivity index (χ1) is 7.18. The summed E-state index contributed by atoms with van der Waals surface area (Å²) in [6.45, 7) is 3.52. The quantitative estimate of drug-likeness (QED) is 0.753. The molecule has 1 aliphatic rings. The lowest BCUT2D eigenvalue weighted by molar-refractivity contribution is 0.430. The molecule has 1 unspecified atom stereocenters. The number of hydrogen-bond donors (Lipinski definition) is 1. The van der Waals surface area contributed by atoms with E-state index in [1.165, 1.54) is 6.07 Å². The van der Waals surface area contributed by atoms with Crippen LogP contribution < -0.4 is 5.32 Å². The maximum atomic E-state index is 13.6. The monoisotopic (exact) mass is 211 g/mol. The molecule has 2 rings (SSSR count). The molecule has 1 fully saturated rings. The molecule has 1 nitrogen and oxygen atoms in total. The van der Waals surface area contributed by atoms with Crippen molar-refractivity contribution >= 4 is 0 Å². The van der Waals surface area contributed by atoms with Gasteiger partial charge in [0.15, 0.2) is 11.6 Å². The van der Waals surface area contributed by atoms with Crippen LogP contribution in [0.3, 0.4) is 0 Å². The molecule has 1 N–H and O–H groups in total. The predicted molar refractivity (Wildman–Crippen MR) is 55.9 cm³/mol. The highest BCUT2D eigenvalue weighted by atomic mass is 19.2.